The van der Waals surface area contributed by atoms with E-state index in [-0.39, 0.29) is 49.0 Å². The van der Waals surface area contributed by atoms with Crippen molar-refractivity contribution in [2.45, 2.75) is 6.92 Å². The fourth-order valence-electron chi connectivity index (χ4n) is 2.94. The fourth-order valence-corrected chi connectivity index (χ4v) is 2.94. The molecule has 2 aliphatic heterocycles. The van der Waals surface area contributed by atoms with Crippen LogP contribution in [0.3, 0.4) is 0 Å². The first kappa shape index (κ1) is 21.1. The van der Waals surface area contributed by atoms with Crippen molar-refractivity contribution < 1.29 is 9.59 Å². The number of aliphatic imine (C=N–C) groups is 1. The van der Waals surface area contributed by atoms with Crippen molar-refractivity contribution in [1.82, 2.24) is 30.4 Å². The largest absolute Gasteiger partial charge is 0.357 e. The molecule has 0 saturated carbocycles. The summed E-state index contributed by atoms with van der Waals surface area (Å²) in [6.07, 6.45) is 3.49. The maximum atomic E-state index is 11.6. The summed E-state index contributed by atoms with van der Waals surface area (Å²) in [5, 5.41) is 5.79. The molecule has 10 nitrogen and oxygen atoms in total. The van der Waals surface area contributed by atoms with Crippen molar-refractivity contribution in [1.29, 1.82) is 0 Å². The van der Waals surface area contributed by atoms with Gasteiger partial charge >= 0.3 is 6.03 Å². The molecule has 148 valence electrons. The maximum absolute atomic E-state index is 11.6. The lowest BCUT2D eigenvalue weighted by atomic mass is 10.3. The molecule has 0 aliphatic carbocycles. The highest BCUT2D eigenvalue weighted by Gasteiger charge is 2.28. The molecule has 2 aliphatic rings. The number of imide groups is 1. The van der Waals surface area contributed by atoms with Gasteiger partial charge in [-0.2, -0.15) is 0 Å². The minimum absolute atomic E-state index is 0. The fraction of sp³-hybridized carbons (Fsp3) is 0.562. The van der Waals surface area contributed by atoms with Gasteiger partial charge in [0.2, 0.25) is 11.9 Å². The number of rotatable bonds is 5. The van der Waals surface area contributed by atoms with E-state index in [1.165, 1.54) is 4.90 Å². The average Bonchev–Trinajstić information content (AvgIpc) is 3.00. The zero-order chi connectivity index (χ0) is 18.4. The number of guanidine groups is 1. The Morgan fingerprint density at radius 2 is 1.93 bits per heavy atom. The van der Waals surface area contributed by atoms with Crippen LogP contribution in [-0.2, 0) is 4.79 Å². The van der Waals surface area contributed by atoms with Crippen molar-refractivity contribution in [3.8, 4) is 0 Å². The van der Waals surface area contributed by atoms with Gasteiger partial charge in [0, 0.05) is 45.1 Å². The molecule has 11 heteroatoms. The predicted octanol–water partition coefficient (Wildman–Crippen LogP) is -0.266. The molecule has 3 amide bonds. The van der Waals surface area contributed by atoms with Crippen LogP contribution in [0.15, 0.2) is 23.5 Å². The van der Waals surface area contributed by atoms with E-state index in [2.05, 4.69) is 35.4 Å². The number of amides is 3. The van der Waals surface area contributed by atoms with Crippen LogP contribution >= 0.6 is 24.0 Å². The molecular formula is C16H25IN8O2. The Hall–Kier alpha value is -2.18. The molecule has 0 radical (unpaired) electrons. The van der Waals surface area contributed by atoms with Crippen LogP contribution in [0.4, 0.5) is 10.7 Å². The van der Waals surface area contributed by atoms with Crippen molar-refractivity contribution in [3.05, 3.63) is 18.5 Å². The molecule has 1 aromatic rings. The summed E-state index contributed by atoms with van der Waals surface area (Å²) in [5.74, 6) is 1.34. The van der Waals surface area contributed by atoms with Crippen molar-refractivity contribution in [3.63, 3.8) is 0 Å². The summed E-state index contributed by atoms with van der Waals surface area (Å²) in [4.78, 5) is 41.9. The molecule has 2 N–H and O–H groups in total. The Bertz CT molecular complexity index is 648. The summed E-state index contributed by atoms with van der Waals surface area (Å²) in [6, 6.07) is 1.47. The number of piperazine rings is 1. The zero-order valence-corrected chi connectivity index (χ0v) is 17.6. The molecule has 0 spiro atoms. The number of aromatic nitrogens is 2. The lowest BCUT2D eigenvalue weighted by Gasteiger charge is -2.36. The smallest absolute Gasteiger partial charge is 0.324 e. The minimum atomic E-state index is -0.341. The van der Waals surface area contributed by atoms with Crippen LogP contribution in [-0.4, -0.2) is 90.0 Å². The SMILES string of the molecule is CCNC(=NCCN1C(=O)CNC1=O)N1CCN(c2ncccn2)CC1.I. The van der Waals surface area contributed by atoms with Crippen LogP contribution in [0.5, 0.6) is 0 Å². The van der Waals surface area contributed by atoms with Crippen LogP contribution in [0, 0.1) is 0 Å². The Kier molecular flexibility index (Phi) is 8.00. The molecule has 27 heavy (non-hydrogen) atoms. The van der Waals surface area contributed by atoms with Gasteiger partial charge in [0.25, 0.3) is 0 Å². The third kappa shape index (κ3) is 5.40. The third-order valence-electron chi connectivity index (χ3n) is 4.27. The molecule has 2 fully saturated rings. The topological polar surface area (TPSA) is 106 Å². The number of hydrogen-bond donors (Lipinski definition) is 2. The molecule has 0 aromatic carbocycles. The molecular weight excluding hydrogens is 463 g/mol. The highest BCUT2D eigenvalue weighted by Crippen LogP contribution is 2.10. The van der Waals surface area contributed by atoms with Gasteiger partial charge in [-0.05, 0) is 13.0 Å². The van der Waals surface area contributed by atoms with Gasteiger partial charge in [-0.15, -0.1) is 24.0 Å². The first-order valence-corrected chi connectivity index (χ1v) is 8.82. The molecule has 3 heterocycles. The summed E-state index contributed by atoms with van der Waals surface area (Å²) in [5.41, 5.74) is 0. The Morgan fingerprint density at radius 1 is 1.22 bits per heavy atom. The van der Waals surface area contributed by atoms with Gasteiger partial charge in [0.15, 0.2) is 5.96 Å². The monoisotopic (exact) mass is 488 g/mol. The second kappa shape index (κ2) is 10.2. The highest BCUT2D eigenvalue weighted by atomic mass is 127. The van der Waals surface area contributed by atoms with Crippen LogP contribution in [0.1, 0.15) is 6.92 Å². The molecule has 2 saturated heterocycles. The lowest BCUT2D eigenvalue weighted by molar-refractivity contribution is -0.124. The number of halogens is 1. The van der Waals surface area contributed by atoms with Gasteiger partial charge in [0.05, 0.1) is 19.6 Å². The summed E-state index contributed by atoms with van der Waals surface area (Å²) in [7, 11) is 0. The standard InChI is InChI=1S/C16H24N8O2.HI/c1-2-17-14(20-6-7-24-13(25)12-21-16(24)26)22-8-10-23(11-9-22)15-18-4-3-5-19-15;/h3-5H,2,6-12H2,1H3,(H,17,20)(H,21,26);1H. The third-order valence-corrected chi connectivity index (χ3v) is 4.27. The summed E-state index contributed by atoms with van der Waals surface area (Å²) >= 11 is 0. The number of carbonyl (C=O) groups excluding carboxylic acids is 2. The predicted molar refractivity (Wildman–Crippen MR) is 112 cm³/mol. The Balaban J connectivity index is 0.00000261. The number of anilines is 1. The van der Waals surface area contributed by atoms with Gasteiger partial charge in [-0.1, -0.05) is 0 Å². The first-order valence-electron chi connectivity index (χ1n) is 8.82. The normalized spacial score (nSPS) is 17.7. The highest BCUT2D eigenvalue weighted by molar-refractivity contribution is 14.0. The molecule has 3 rings (SSSR count). The van der Waals surface area contributed by atoms with Gasteiger partial charge < -0.3 is 20.4 Å². The molecule has 0 atom stereocenters. The van der Waals surface area contributed by atoms with Gasteiger partial charge in [0.1, 0.15) is 0 Å². The first-order chi connectivity index (χ1) is 12.7. The van der Waals surface area contributed by atoms with E-state index in [0.29, 0.717) is 6.54 Å². The van der Waals surface area contributed by atoms with E-state index in [9.17, 15) is 9.59 Å². The van der Waals surface area contributed by atoms with Crippen molar-refractivity contribution in [2.75, 3.05) is 57.3 Å². The quantitative estimate of drug-likeness (QED) is 0.255. The van der Waals surface area contributed by atoms with Crippen LogP contribution in [0.25, 0.3) is 0 Å². The Labute approximate surface area is 175 Å². The second-order valence-corrected chi connectivity index (χ2v) is 5.96. The van der Waals surface area contributed by atoms with E-state index in [0.717, 1.165) is 44.6 Å². The van der Waals surface area contributed by atoms with Crippen LogP contribution in [0.2, 0.25) is 0 Å². The Morgan fingerprint density at radius 3 is 2.52 bits per heavy atom. The zero-order valence-electron chi connectivity index (χ0n) is 15.3. The van der Waals surface area contributed by atoms with E-state index in [4.69, 9.17) is 0 Å². The second-order valence-electron chi connectivity index (χ2n) is 5.96. The summed E-state index contributed by atoms with van der Waals surface area (Å²) in [6.45, 7) is 6.72. The van der Waals surface area contributed by atoms with Gasteiger partial charge in [-0.3, -0.25) is 14.7 Å². The van der Waals surface area contributed by atoms with E-state index in [1.807, 2.05) is 6.92 Å². The molecule has 0 bridgehead atoms. The summed E-state index contributed by atoms with van der Waals surface area (Å²) < 4.78 is 0. The van der Waals surface area contributed by atoms with Crippen molar-refractivity contribution >= 4 is 47.8 Å². The average molecular weight is 488 g/mol. The number of hydrogen-bond acceptors (Lipinski definition) is 6. The van der Waals surface area contributed by atoms with Crippen molar-refractivity contribution in [2.24, 2.45) is 4.99 Å². The van der Waals surface area contributed by atoms with Gasteiger partial charge in [-0.25, -0.2) is 14.8 Å². The maximum Gasteiger partial charge on any atom is 0.324 e. The minimum Gasteiger partial charge on any atom is -0.357 e. The lowest BCUT2D eigenvalue weighted by Crippen LogP contribution is -2.53. The number of urea groups is 1. The number of nitrogens with zero attached hydrogens (tertiary/aromatic N) is 6. The molecule has 0 unspecified atom stereocenters. The van der Waals surface area contributed by atoms with Crippen LogP contribution < -0.4 is 15.5 Å². The van der Waals surface area contributed by atoms with E-state index in [1.54, 1.807) is 18.5 Å². The van der Waals surface area contributed by atoms with E-state index < -0.39 is 0 Å². The molecule has 1 aromatic heterocycles. The van der Waals surface area contributed by atoms with E-state index >= 15 is 0 Å². The number of carbonyl (C=O) groups is 2. The number of nitrogens with one attached hydrogen (secondary N) is 2.